The minimum Gasteiger partial charge on any atom is -0.394 e. The Hall–Kier alpha value is -3.86. The van der Waals surface area contributed by atoms with E-state index in [1.807, 2.05) is 13.8 Å². The van der Waals surface area contributed by atoms with Gasteiger partial charge in [0.25, 0.3) is 0 Å². The first-order valence-electron chi connectivity index (χ1n) is 26.5. The molecule has 412 valence electrons. The highest BCUT2D eigenvalue weighted by Crippen LogP contribution is 2.49. The second-order valence-corrected chi connectivity index (χ2v) is 22.4. The van der Waals surface area contributed by atoms with Crippen molar-refractivity contribution in [2.45, 2.75) is 170 Å². The summed E-state index contributed by atoms with van der Waals surface area (Å²) in [5.74, 6) is 1.35. The molecular weight excluding hydrogens is 937 g/mol. The highest BCUT2D eigenvalue weighted by Gasteiger charge is 2.46. The SMILES string of the molecule is CC(C=CC=C(C)C=CC1C(C)=CCC(CC=C(C)COC2OC(CO)C(O)C(O)C2O)C1(C)C)=CC=CC=C(C)C=CC=C(C)C=CC1C(C)=CCC(CC=C(C)COC2OC(CO)C(O)C(O)C2O)C1(C)C. The Morgan fingerprint density at radius 1 is 0.514 bits per heavy atom. The number of hydrogen-bond acceptors (Lipinski definition) is 12. The van der Waals surface area contributed by atoms with Gasteiger partial charge >= 0.3 is 0 Å². The molecule has 0 aromatic heterocycles. The molecule has 0 amide bonds. The van der Waals surface area contributed by atoms with E-state index >= 15 is 0 Å². The lowest BCUT2D eigenvalue weighted by Crippen LogP contribution is -2.59. The third-order valence-electron chi connectivity index (χ3n) is 15.7. The highest BCUT2D eigenvalue weighted by molar-refractivity contribution is 5.33. The number of rotatable bonds is 22. The van der Waals surface area contributed by atoms with Crippen molar-refractivity contribution < 1.29 is 59.8 Å². The highest BCUT2D eigenvalue weighted by atomic mass is 16.7. The van der Waals surface area contributed by atoms with Crippen molar-refractivity contribution in [3.8, 4) is 0 Å². The van der Waals surface area contributed by atoms with Gasteiger partial charge in [0.2, 0.25) is 0 Å². The molecular formula is C62H92O12. The van der Waals surface area contributed by atoms with Gasteiger partial charge in [0.05, 0.1) is 26.4 Å². The van der Waals surface area contributed by atoms with E-state index in [1.54, 1.807) is 0 Å². The molecule has 2 saturated heterocycles. The molecule has 74 heavy (non-hydrogen) atoms. The van der Waals surface area contributed by atoms with Crippen LogP contribution in [-0.4, -0.2) is 129 Å². The Bertz CT molecular complexity index is 2070. The maximum absolute atomic E-state index is 10.3. The summed E-state index contributed by atoms with van der Waals surface area (Å²) in [6, 6.07) is 0. The van der Waals surface area contributed by atoms with Crippen LogP contribution < -0.4 is 0 Å². The van der Waals surface area contributed by atoms with E-state index in [0.717, 1.165) is 48.0 Å². The molecule has 4 rings (SSSR count). The smallest absolute Gasteiger partial charge is 0.187 e. The molecule has 0 aromatic carbocycles. The Labute approximate surface area is 443 Å². The van der Waals surface area contributed by atoms with Gasteiger partial charge in [-0.3, -0.25) is 0 Å². The summed E-state index contributed by atoms with van der Waals surface area (Å²) < 4.78 is 22.5. The van der Waals surface area contributed by atoms with Gasteiger partial charge in [0, 0.05) is 11.8 Å². The molecule has 2 fully saturated rings. The fourth-order valence-corrected chi connectivity index (χ4v) is 10.3. The van der Waals surface area contributed by atoms with Crippen molar-refractivity contribution in [2.24, 2.45) is 34.5 Å². The molecule has 14 unspecified atom stereocenters. The zero-order valence-corrected chi connectivity index (χ0v) is 46.3. The first kappa shape index (κ1) is 62.7. The van der Waals surface area contributed by atoms with E-state index in [-0.39, 0.29) is 35.9 Å². The third-order valence-corrected chi connectivity index (χ3v) is 15.7. The Morgan fingerprint density at radius 3 is 1.20 bits per heavy atom. The van der Waals surface area contributed by atoms with Crippen LogP contribution >= 0.6 is 0 Å². The third kappa shape index (κ3) is 17.9. The standard InChI is InChI=1S/C62H92O12/c1-39(19-15-21-41(3)25-33-49-45(7)27-31-47(61(49,9)10)29-23-43(5)37-71-59-57(69)55(67)53(65)51(35-63)73-59)17-13-14-18-40(2)20-16-22-42(4)26-34-50-46(8)28-32-48(62(50,11)12)30-24-44(6)38-72-60-58(70)56(68)54(66)52(36-64)74-60/h13-28,33-34,47-60,63-70H,29-32,35-38H2,1-12H3. The molecule has 2 aliphatic carbocycles. The zero-order chi connectivity index (χ0) is 54.9. The number of ether oxygens (including phenoxy) is 4. The van der Waals surface area contributed by atoms with Crippen LogP contribution in [0.25, 0.3) is 0 Å². The summed E-state index contributed by atoms with van der Waals surface area (Å²) in [5.41, 5.74) is 9.30. The fraction of sp³-hybridized carbons (Fsp3) is 0.581. The van der Waals surface area contributed by atoms with Crippen LogP contribution in [0.4, 0.5) is 0 Å². The lowest BCUT2D eigenvalue weighted by Gasteiger charge is -2.43. The second kappa shape index (κ2) is 29.6. The summed E-state index contributed by atoms with van der Waals surface area (Å²) in [4.78, 5) is 0. The first-order valence-corrected chi connectivity index (χ1v) is 26.5. The molecule has 4 aliphatic rings. The van der Waals surface area contributed by atoms with Crippen LogP contribution in [0.5, 0.6) is 0 Å². The molecule has 8 N–H and O–H groups in total. The monoisotopic (exact) mass is 1030 g/mol. The Balaban J connectivity index is 1.23. The van der Waals surface area contributed by atoms with Crippen molar-refractivity contribution in [3.63, 3.8) is 0 Å². The normalized spacial score (nSPS) is 34.2. The molecule has 12 heteroatoms. The van der Waals surface area contributed by atoms with Gasteiger partial charge in [0.1, 0.15) is 48.8 Å². The predicted molar refractivity (Wildman–Crippen MR) is 295 cm³/mol. The zero-order valence-electron chi connectivity index (χ0n) is 46.3. The van der Waals surface area contributed by atoms with Crippen LogP contribution in [0.2, 0.25) is 0 Å². The van der Waals surface area contributed by atoms with Crippen LogP contribution in [0.3, 0.4) is 0 Å². The van der Waals surface area contributed by atoms with Crippen molar-refractivity contribution in [1.82, 2.24) is 0 Å². The Kier molecular flexibility index (Phi) is 25.1. The van der Waals surface area contributed by atoms with Crippen LogP contribution in [0.1, 0.15) is 109 Å². The minimum absolute atomic E-state index is 0.00475. The van der Waals surface area contributed by atoms with E-state index in [1.165, 1.54) is 22.3 Å². The number of hydrogen-bond donors (Lipinski definition) is 8. The Morgan fingerprint density at radius 2 is 0.851 bits per heavy atom. The number of allylic oxidation sites excluding steroid dienone is 24. The second-order valence-electron chi connectivity index (χ2n) is 22.4. The molecule has 14 atom stereocenters. The van der Waals surface area contributed by atoms with E-state index in [9.17, 15) is 40.9 Å². The van der Waals surface area contributed by atoms with Gasteiger partial charge in [-0.15, -0.1) is 0 Å². The summed E-state index contributed by atoms with van der Waals surface area (Å²) in [6.45, 7) is 25.5. The van der Waals surface area contributed by atoms with Gasteiger partial charge in [-0.2, -0.15) is 0 Å². The van der Waals surface area contributed by atoms with Crippen LogP contribution in [0.15, 0.2) is 154 Å². The van der Waals surface area contributed by atoms with Gasteiger partial charge in [-0.25, -0.2) is 0 Å². The maximum Gasteiger partial charge on any atom is 0.187 e. The first-order chi connectivity index (χ1) is 34.9. The average molecular weight is 1030 g/mol. The number of aliphatic hydroxyl groups excluding tert-OH is 8. The molecule has 12 nitrogen and oxygen atoms in total. The van der Waals surface area contributed by atoms with Crippen LogP contribution in [0, 0.1) is 34.5 Å². The average Bonchev–Trinajstić information content (AvgIpc) is 3.34. The maximum atomic E-state index is 10.3. The van der Waals surface area contributed by atoms with E-state index in [0.29, 0.717) is 11.8 Å². The molecule has 0 bridgehead atoms. The summed E-state index contributed by atoms with van der Waals surface area (Å²) in [5, 5.41) is 79.9. The van der Waals surface area contributed by atoms with Gasteiger partial charge < -0.3 is 59.8 Å². The topological polar surface area (TPSA) is 199 Å². The van der Waals surface area contributed by atoms with Crippen molar-refractivity contribution in [3.05, 3.63) is 154 Å². The van der Waals surface area contributed by atoms with Crippen molar-refractivity contribution >= 4 is 0 Å². The van der Waals surface area contributed by atoms with Gasteiger partial charge in [-0.05, 0) is 104 Å². The number of aliphatic hydroxyl groups is 8. The minimum atomic E-state index is -1.46. The molecule has 0 spiro atoms. The van der Waals surface area contributed by atoms with E-state index in [2.05, 4.69) is 179 Å². The molecule has 2 aliphatic heterocycles. The fourth-order valence-electron chi connectivity index (χ4n) is 10.3. The van der Waals surface area contributed by atoms with Crippen molar-refractivity contribution in [2.75, 3.05) is 26.4 Å². The summed E-state index contributed by atoms with van der Waals surface area (Å²) in [6.07, 6.45) is 29.9. The van der Waals surface area contributed by atoms with Gasteiger partial charge in [0.15, 0.2) is 12.6 Å². The lowest BCUT2D eigenvalue weighted by molar-refractivity contribution is -0.299. The molecule has 0 saturated carbocycles. The van der Waals surface area contributed by atoms with E-state index in [4.69, 9.17) is 18.9 Å². The largest absolute Gasteiger partial charge is 0.394 e. The predicted octanol–water partition coefficient (Wildman–Crippen LogP) is 9.08. The van der Waals surface area contributed by atoms with E-state index < -0.39 is 74.6 Å². The lowest BCUT2D eigenvalue weighted by atomic mass is 9.61. The van der Waals surface area contributed by atoms with Crippen LogP contribution in [-0.2, 0) is 18.9 Å². The quantitative estimate of drug-likeness (QED) is 0.0379. The molecule has 0 aromatic rings. The summed E-state index contributed by atoms with van der Waals surface area (Å²) >= 11 is 0. The summed E-state index contributed by atoms with van der Waals surface area (Å²) in [7, 11) is 0. The molecule has 2 heterocycles. The molecule has 0 radical (unpaired) electrons. The van der Waals surface area contributed by atoms with Gasteiger partial charge in [-0.1, -0.05) is 182 Å². The van der Waals surface area contributed by atoms with Crippen molar-refractivity contribution in [1.29, 1.82) is 0 Å².